The van der Waals surface area contributed by atoms with Crippen molar-refractivity contribution in [2.75, 3.05) is 26.8 Å². The third-order valence-electron chi connectivity index (χ3n) is 4.66. The minimum absolute atomic E-state index is 0.423. The Labute approximate surface area is 129 Å². The maximum Gasteiger partial charge on any atom is 0.0618 e. The van der Waals surface area contributed by atoms with Crippen LogP contribution < -0.4 is 5.32 Å². The van der Waals surface area contributed by atoms with E-state index in [-0.39, 0.29) is 0 Å². The van der Waals surface area contributed by atoms with Crippen LogP contribution in [0.2, 0.25) is 0 Å². The molecule has 1 aromatic rings. The molecule has 118 valence electrons. The van der Waals surface area contributed by atoms with Crippen molar-refractivity contribution in [1.29, 1.82) is 0 Å². The first kappa shape index (κ1) is 16.5. The highest BCUT2D eigenvalue weighted by Crippen LogP contribution is 2.26. The lowest BCUT2D eigenvalue weighted by molar-refractivity contribution is 0.0147. The summed E-state index contributed by atoms with van der Waals surface area (Å²) in [5, 5.41) is 3.74. The van der Waals surface area contributed by atoms with Crippen molar-refractivity contribution >= 4 is 0 Å². The lowest BCUT2D eigenvalue weighted by atomic mass is 9.93. The fourth-order valence-electron chi connectivity index (χ4n) is 3.38. The van der Waals surface area contributed by atoms with Gasteiger partial charge in [0, 0.05) is 38.3 Å². The molecule has 1 aliphatic rings. The van der Waals surface area contributed by atoms with Gasteiger partial charge in [0.15, 0.2) is 0 Å². The monoisotopic (exact) mass is 290 g/mol. The quantitative estimate of drug-likeness (QED) is 0.871. The van der Waals surface area contributed by atoms with Gasteiger partial charge in [-0.05, 0) is 17.9 Å². The van der Waals surface area contributed by atoms with Crippen LogP contribution in [0.25, 0.3) is 0 Å². The van der Waals surface area contributed by atoms with E-state index in [1.165, 1.54) is 5.56 Å². The van der Waals surface area contributed by atoms with Crippen LogP contribution in [-0.2, 0) is 4.74 Å². The van der Waals surface area contributed by atoms with E-state index in [2.05, 4.69) is 61.3 Å². The third-order valence-corrected chi connectivity index (χ3v) is 4.66. The smallest absolute Gasteiger partial charge is 0.0618 e. The van der Waals surface area contributed by atoms with E-state index < -0.39 is 0 Å². The number of ether oxygens (including phenoxy) is 1. The molecular formula is C18H30N2O. The van der Waals surface area contributed by atoms with E-state index in [1.807, 2.05) is 7.11 Å². The Hall–Kier alpha value is -0.900. The second-order valence-corrected chi connectivity index (χ2v) is 6.40. The zero-order valence-electron chi connectivity index (χ0n) is 13.9. The van der Waals surface area contributed by atoms with E-state index >= 15 is 0 Å². The minimum Gasteiger partial charge on any atom is -0.383 e. The van der Waals surface area contributed by atoms with Gasteiger partial charge in [-0.2, -0.15) is 0 Å². The highest BCUT2D eigenvalue weighted by Gasteiger charge is 2.34. The summed E-state index contributed by atoms with van der Waals surface area (Å²) in [7, 11) is 1.81. The summed E-state index contributed by atoms with van der Waals surface area (Å²) in [4.78, 5) is 2.67. The number of rotatable bonds is 6. The number of nitrogens with one attached hydrogen (secondary N) is 1. The molecule has 0 aromatic heterocycles. The SMILES string of the molecule is CCC(COC)N1CC(c2ccccc2)NCC1C(C)C. The maximum absolute atomic E-state index is 5.46. The van der Waals surface area contributed by atoms with Crippen LogP contribution in [0.15, 0.2) is 30.3 Å². The van der Waals surface area contributed by atoms with Crippen LogP contribution in [-0.4, -0.2) is 43.8 Å². The van der Waals surface area contributed by atoms with E-state index in [4.69, 9.17) is 4.74 Å². The minimum atomic E-state index is 0.423. The molecular weight excluding hydrogens is 260 g/mol. The Morgan fingerprint density at radius 3 is 2.57 bits per heavy atom. The third kappa shape index (κ3) is 4.06. The summed E-state index contributed by atoms with van der Waals surface area (Å²) in [6.45, 7) is 9.84. The van der Waals surface area contributed by atoms with Gasteiger partial charge in [-0.15, -0.1) is 0 Å². The van der Waals surface area contributed by atoms with Crippen molar-refractivity contribution in [3.8, 4) is 0 Å². The number of nitrogens with zero attached hydrogens (tertiary/aromatic N) is 1. The number of hydrogen-bond acceptors (Lipinski definition) is 3. The van der Waals surface area contributed by atoms with Crippen molar-refractivity contribution in [2.45, 2.75) is 45.3 Å². The molecule has 3 nitrogen and oxygen atoms in total. The molecule has 1 N–H and O–H groups in total. The fourth-order valence-corrected chi connectivity index (χ4v) is 3.38. The first-order valence-electron chi connectivity index (χ1n) is 8.20. The molecule has 0 spiro atoms. The number of hydrogen-bond donors (Lipinski definition) is 1. The predicted octanol–water partition coefficient (Wildman–Crippen LogP) is 3.08. The zero-order chi connectivity index (χ0) is 15.2. The Morgan fingerprint density at radius 2 is 2.00 bits per heavy atom. The van der Waals surface area contributed by atoms with Crippen LogP contribution >= 0.6 is 0 Å². The molecule has 21 heavy (non-hydrogen) atoms. The van der Waals surface area contributed by atoms with Crippen LogP contribution in [0.5, 0.6) is 0 Å². The van der Waals surface area contributed by atoms with E-state index in [0.717, 1.165) is 26.1 Å². The van der Waals surface area contributed by atoms with Gasteiger partial charge in [0.05, 0.1) is 6.61 Å². The van der Waals surface area contributed by atoms with E-state index in [0.29, 0.717) is 24.0 Å². The second-order valence-electron chi connectivity index (χ2n) is 6.40. The van der Waals surface area contributed by atoms with Gasteiger partial charge in [-0.3, -0.25) is 4.90 Å². The molecule has 3 unspecified atom stereocenters. The topological polar surface area (TPSA) is 24.5 Å². The average Bonchev–Trinajstić information content (AvgIpc) is 2.52. The molecule has 1 aromatic carbocycles. The van der Waals surface area contributed by atoms with E-state index in [1.54, 1.807) is 0 Å². The van der Waals surface area contributed by atoms with Gasteiger partial charge in [0.2, 0.25) is 0 Å². The largest absolute Gasteiger partial charge is 0.383 e. The zero-order valence-corrected chi connectivity index (χ0v) is 13.9. The predicted molar refractivity (Wildman–Crippen MR) is 88.5 cm³/mol. The maximum atomic E-state index is 5.46. The molecule has 0 radical (unpaired) electrons. The van der Waals surface area contributed by atoms with Gasteiger partial charge in [-0.25, -0.2) is 0 Å². The first-order chi connectivity index (χ1) is 10.2. The Morgan fingerprint density at radius 1 is 1.29 bits per heavy atom. The molecule has 1 saturated heterocycles. The molecule has 1 fully saturated rings. The van der Waals surface area contributed by atoms with Crippen LogP contribution in [0, 0.1) is 5.92 Å². The van der Waals surface area contributed by atoms with Gasteiger partial charge in [-0.1, -0.05) is 51.1 Å². The van der Waals surface area contributed by atoms with E-state index in [9.17, 15) is 0 Å². The van der Waals surface area contributed by atoms with Crippen molar-refractivity contribution in [3.63, 3.8) is 0 Å². The lowest BCUT2D eigenvalue weighted by Gasteiger charge is -2.46. The number of benzene rings is 1. The van der Waals surface area contributed by atoms with Crippen LogP contribution in [0.3, 0.4) is 0 Å². The summed E-state index contributed by atoms with van der Waals surface area (Å²) in [6.07, 6.45) is 1.14. The Bertz CT molecular complexity index is 407. The van der Waals surface area contributed by atoms with Gasteiger partial charge in [0.25, 0.3) is 0 Å². The summed E-state index contributed by atoms with van der Waals surface area (Å²) in [5.41, 5.74) is 1.39. The molecule has 0 saturated carbocycles. The summed E-state index contributed by atoms with van der Waals surface area (Å²) < 4.78 is 5.46. The van der Waals surface area contributed by atoms with Gasteiger partial charge in [0.1, 0.15) is 0 Å². The number of methoxy groups -OCH3 is 1. The first-order valence-corrected chi connectivity index (χ1v) is 8.20. The molecule has 1 aliphatic heterocycles. The summed E-state index contributed by atoms with van der Waals surface area (Å²) in [6, 6.07) is 12.3. The molecule has 3 heteroatoms. The normalized spacial score (nSPS) is 25.2. The number of piperazine rings is 1. The highest BCUT2D eigenvalue weighted by atomic mass is 16.5. The van der Waals surface area contributed by atoms with Crippen LogP contribution in [0.4, 0.5) is 0 Å². The van der Waals surface area contributed by atoms with Crippen LogP contribution in [0.1, 0.15) is 38.8 Å². The Balaban J connectivity index is 2.15. The standard InChI is InChI=1S/C18H30N2O/c1-5-16(13-21-4)20-12-17(15-9-7-6-8-10-15)19-11-18(20)14(2)3/h6-10,14,16-19H,5,11-13H2,1-4H3. The fraction of sp³-hybridized carbons (Fsp3) is 0.667. The molecule has 0 amide bonds. The van der Waals surface area contributed by atoms with Crippen molar-refractivity contribution in [1.82, 2.24) is 10.2 Å². The lowest BCUT2D eigenvalue weighted by Crippen LogP contribution is -2.58. The van der Waals surface area contributed by atoms with Gasteiger partial charge >= 0.3 is 0 Å². The Kier molecular flexibility index (Phi) is 6.22. The second kappa shape index (κ2) is 7.92. The summed E-state index contributed by atoms with van der Waals surface area (Å²) in [5.74, 6) is 0.653. The summed E-state index contributed by atoms with van der Waals surface area (Å²) >= 11 is 0. The molecule has 1 heterocycles. The van der Waals surface area contributed by atoms with Crippen molar-refractivity contribution in [3.05, 3.63) is 35.9 Å². The average molecular weight is 290 g/mol. The highest BCUT2D eigenvalue weighted by molar-refractivity contribution is 5.20. The molecule has 3 atom stereocenters. The molecule has 0 bridgehead atoms. The van der Waals surface area contributed by atoms with Crippen molar-refractivity contribution < 1.29 is 4.74 Å². The van der Waals surface area contributed by atoms with Gasteiger partial charge < -0.3 is 10.1 Å². The molecule has 0 aliphatic carbocycles. The van der Waals surface area contributed by atoms with Crippen molar-refractivity contribution in [2.24, 2.45) is 5.92 Å². The molecule has 2 rings (SSSR count).